The molecule has 0 aromatic carbocycles. The Hall–Kier alpha value is -0.683. The molecule has 0 amide bonds. The third-order valence-corrected chi connectivity index (χ3v) is 7.84. The Kier molecular flexibility index (Phi) is 4.14. The largest absolute Gasteiger partial charge is 0.516 e. The first-order valence-electron chi connectivity index (χ1n) is 5.47. The molecule has 0 N–H and O–H groups in total. The summed E-state index contributed by atoms with van der Waals surface area (Å²) in [5, 5.41) is 0.0160. The Balaban J connectivity index is 2.87. The van der Waals surface area contributed by atoms with Crippen molar-refractivity contribution in [3.63, 3.8) is 0 Å². The van der Waals surface area contributed by atoms with Crippen LogP contribution in [0.5, 0.6) is 0 Å². The fourth-order valence-corrected chi connectivity index (χ4v) is 2.22. The molecule has 0 fully saturated rings. The molecule has 94 valence electrons. The minimum absolute atomic E-state index is 0.0160. The van der Waals surface area contributed by atoms with Crippen LogP contribution < -0.4 is 0 Å². The molecule has 0 aliphatic heterocycles. The summed E-state index contributed by atoms with van der Waals surface area (Å²) < 4.78 is 6.46. The molecule has 0 aliphatic rings. The molecule has 1 aromatic rings. The molecule has 0 radical (unpaired) electrons. The van der Waals surface area contributed by atoms with Crippen LogP contribution in [0.1, 0.15) is 31.1 Å². The van der Waals surface area contributed by atoms with E-state index in [0.717, 1.165) is 4.47 Å². The number of pyridine rings is 1. The fraction of sp³-hybridized carbons (Fsp3) is 0.500. The lowest BCUT2D eigenvalue weighted by Crippen LogP contribution is -2.42. The number of hydrogen-bond acceptors (Lipinski definition) is 3. The predicted octanol–water partition coefficient (Wildman–Crippen LogP) is 4.01. The Morgan fingerprint density at radius 2 is 1.94 bits per heavy atom. The molecule has 0 atom stereocenters. The van der Waals surface area contributed by atoms with Gasteiger partial charge >= 0.3 is 5.97 Å². The van der Waals surface area contributed by atoms with Crippen molar-refractivity contribution < 1.29 is 9.22 Å². The minimum Gasteiger partial charge on any atom is -0.516 e. The summed E-state index contributed by atoms with van der Waals surface area (Å²) in [7, 11) is -2.06. The second-order valence-electron chi connectivity index (χ2n) is 5.54. The van der Waals surface area contributed by atoms with Crippen LogP contribution in [0.15, 0.2) is 22.9 Å². The van der Waals surface area contributed by atoms with Gasteiger partial charge in [-0.1, -0.05) is 20.8 Å². The van der Waals surface area contributed by atoms with Crippen molar-refractivity contribution in [2.24, 2.45) is 0 Å². The van der Waals surface area contributed by atoms with E-state index in [1.165, 1.54) is 6.20 Å². The monoisotopic (exact) mass is 315 g/mol. The second kappa shape index (κ2) is 4.90. The minimum atomic E-state index is -2.06. The van der Waals surface area contributed by atoms with Crippen molar-refractivity contribution in [3.8, 4) is 0 Å². The van der Waals surface area contributed by atoms with E-state index >= 15 is 0 Å². The Morgan fingerprint density at radius 1 is 1.35 bits per heavy atom. The van der Waals surface area contributed by atoms with Crippen molar-refractivity contribution in [2.75, 3.05) is 0 Å². The first kappa shape index (κ1) is 14.4. The van der Waals surface area contributed by atoms with Crippen molar-refractivity contribution in [3.05, 3.63) is 28.5 Å². The average molecular weight is 316 g/mol. The van der Waals surface area contributed by atoms with Crippen LogP contribution in [0.2, 0.25) is 18.1 Å². The van der Waals surface area contributed by atoms with E-state index in [1.807, 2.05) is 0 Å². The quantitative estimate of drug-likeness (QED) is 0.774. The summed E-state index contributed by atoms with van der Waals surface area (Å²) in [5.74, 6) is -0.287. The number of carbonyl (C=O) groups is 1. The summed E-state index contributed by atoms with van der Waals surface area (Å²) in [6.45, 7) is 10.4. The molecular weight excluding hydrogens is 298 g/mol. The summed E-state index contributed by atoms with van der Waals surface area (Å²) in [4.78, 5) is 16.0. The van der Waals surface area contributed by atoms with Gasteiger partial charge in [-0.05, 0) is 40.1 Å². The zero-order valence-corrected chi connectivity index (χ0v) is 13.5. The van der Waals surface area contributed by atoms with Crippen LogP contribution in [-0.2, 0) is 4.43 Å². The normalized spacial score (nSPS) is 12.4. The molecule has 0 bridgehead atoms. The number of nitrogens with zero attached hydrogens (tertiary/aromatic N) is 1. The van der Waals surface area contributed by atoms with Gasteiger partial charge in [0.1, 0.15) is 0 Å². The van der Waals surface area contributed by atoms with Crippen LogP contribution in [0.25, 0.3) is 0 Å². The number of carbonyl (C=O) groups excluding carboxylic acids is 1. The number of halogens is 1. The van der Waals surface area contributed by atoms with Crippen LogP contribution in [0, 0.1) is 0 Å². The molecule has 17 heavy (non-hydrogen) atoms. The van der Waals surface area contributed by atoms with Gasteiger partial charge in [0.15, 0.2) is 0 Å². The van der Waals surface area contributed by atoms with Gasteiger partial charge in [-0.25, -0.2) is 4.79 Å². The van der Waals surface area contributed by atoms with E-state index in [0.29, 0.717) is 5.56 Å². The molecule has 0 saturated carbocycles. The standard InChI is InChI=1S/C12H18BrNO2Si/c1-12(2,3)17(4,5)16-11(15)9-6-10(13)8-14-7-9/h6-8H,1-5H3. The van der Waals surface area contributed by atoms with E-state index in [1.54, 1.807) is 12.3 Å². The molecule has 0 unspecified atom stereocenters. The second-order valence-corrected chi connectivity index (χ2v) is 11.2. The van der Waals surface area contributed by atoms with Crippen LogP contribution in [0.3, 0.4) is 0 Å². The number of aromatic nitrogens is 1. The highest BCUT2D eigenvalue weighted by Gasteiger charge is 2.40. The van der Waals surface area contributed by atoms with E-state index in [4.69, 9.17) is 4.43 Å². The zero-order chi connectivity index (χ0) is 13.3. The summed E-state index contributed by atoms with van der Waals surface area (Å²) >= 11 is 3.29. The average Bonchev–Trinajstić information content (AvgIpc) is 2.15. The zero-order valence-electron chi connectivity index (χ0n) is 10.9. The summed E-state index contributed by atoms with van der Waals surface area (Å²) in [6, 6.07) is 1.72. The van der Waals surface area contributed by atoms with Crippen molar-refractivity contribution in [2.45, 2.75) is 38.9 Å². The van der Waals surface area contributed by atoms with Gasteiger partial charge in [0.25, 0.3) is 8.32 Å². The predicted molar refractivity (Wildman–Crippen MR) is 74.5 cm³/mol. The van der Waals surface area contributed by atoms with Crippen molar-refractivity contribution >= 4 is 30.2 Å². The molecule has 3 nitrogen and oxygen atoms in total. The van der Waals surface area contributed by atoms with Gasteiger partial charge in [0.05, 0.1) is 5.56 Å². The topological polar surface area (TPSA) is 39.2 Å². The van der Waals surface area contributed by atoms with Gasteiger partial charge in [-0.3, -0.25) is 4.98 Å². The van der Waals surface area contributed by atoms with E-state index in [2.05, 4.69) is 54.8 Å². The Bertz CT molecular complexity index is 427. The van der Waals surface area contributed by atoms with Crippen LogP contribution in [-0.4, -0.2) is 19.3 Å². The van der Waals surface area contributed by atoms with E-state index in [9.17, 15) is 4.79 Å². The number of rotatable bonds is 2. The molecule has 1 heterocycles. The van der Waals surface area contributed by atoms with Gasteiger partial charge in [0.2, 0.25) is 0 Å². The highest BCUT2D eigenvalue weighted by atomic mass is 79.9. The summed E-state index contributed by atoms with van der Waals surface area (Å²) in [5.41, 5.74) is 0.490. The van der Waals surface area contributed by atoms with E-state index < -0.39 is 8.32 Å². The van der Waals surface area contributed by atoms with Gasteiger partial charge in [-0.2, -0.15) is 0 Å². The van der Waals surface area contributed by atoms with Crippen LogP contribution >= 0.6 is 15.9 Å². The van der Waals surface area contributed by atoms with Gasteiger partial charge < -0.3 is 4.43 Å². The maximum atomic E-state index is 12.0. The lowest BCUT2D eigenvalue weighted by Gasteiger charge is -2.35. The molecule has 0 aliphatic carbocycles. The fourth-order valence-electron chi connectivity index (χ4n) is 0.967. The Morgan fingerprint density at radius 3 is 2.41 bits per heavy atom. The Labute approximate surface area is 112 Å². The van der Waals surface area contributed by atoms with E-state index in [-0.39, 0.29) is 11.0 Å². The smallest absolute Gasteiger partial charge is 0.326 e. The third kappa shape index (κ3) is 3.64. The molecule has 5 heteroatoms. The maximum Gasteiger partial charge on any atom is 0.326 e. The highest BCUT2D eigenvalue weighted by Crippen LogP contribution is 2.37. The molecule has 0 saturated heterocycles. The summed E-state index contributed by atoms with van der Waals surface area (Å²) in [6.07, 6.45) is 3.17. The van der Waals surface area contributed by atoms with Gasteiger partial charge in [0, 0.05) is 16.9 Å². The SMILES string of the molecule is CC(C)(C)[Si](C)(C)OC(=O)c1cncc(Br)c1. The van der Waals surface area contributed by atoms with Crippen LogP contribution in [0.4, 0.5) is 0 Å². The lowest BCUT2D eigenvalue weighted by molar-refractivity contribution is 0.0712. The molecule has 0 spiro atoms. The lowest BCUT2D eigenvalue weighted by atomic mass is 10.2. The molecule has 1 aromatic heterocycles. The third-order valence-electron chi connectivity index (χ3n) is 3.09. The first-order valence-corrected chi connectivity index (χ1v) is 9.17. The van der Waals surface area contributed by atoms with Gasteiger partial charge in [-0.15, -0.1) is 0 Å². The number of hydrogen-bond donors (Lipinski definition) is 0. The molecular formula is C12H18BrNO2Si. The maximum absolute atomic E-state index is 12.0. The van der Waals surface area contributed by atoms with Crippen molar-refractivity contribution in [1.29, 1.82) is 0 Å². The molecule has 1 rings (SSSR count). The first-order chi connectivity index (χ1) is 7.63. The highest BCUT2D eigenvalue weighted by molar-refractivity contribution is 9.10. The van der Waals surface area contributed by atoms with Crippen molar-refractivity contribution in [1.82, 2.24) is 4.98 Å².